The Labute approximate surface area is 102 Å². The zero-order chi connectivity index (χ0) is 10.8. The summed E-state index contributed by atoms with van der Waals surface area (Å²) >= 11 is 17.3. The Morgan fingerprint density at radius 3 is 2.60 bits per heavy atom. The van der Waals surface area contributed by atoms with Crippen LogP contribution in [0.4, 0.5) is 0 Å². The smallest absolute Gasteiger partial charge is 0.209 e. The molecule has 2 aromatic rings. The van der Waals surface area contributed by atoms with Gasteiger partial charge in [-0.15, -0.1) is 11.6 Å². The van der Waals surface area contributed by atoms with Crippen LogP contribution in [0.15, 0.2) is 28.8 Å². The molecule has 1 aromatic heterocycles. The molecule has 2 rings (SSSR count). The van der Waals surface area contributed by atoms with E-state index in [-0.39, 0.29) is 5.88 Å². The molecule has 0 amide bonds. The Balaban J connectivity index is 2.40. The van der Waals surface area contributed by atoms with Crippen LogP contribution >= 0.6 is 34.8 Å². The lowest BCUT2D eigenvalue weighted by Crippen LogP contribution is -1.75. The molecule has 1 heterocycles. The van der Waals surface area contributed by atoms with Gasteiger partial charge < -0.3 is 4.42 Å². The maximum absolute atomic E-state index is 5.88. The summed E-state index contributed by atoms with van der Waals surface area (Å²) in [6.07, 6.45) is 1.61. The quantitative estimate of drug-likeness (QED) is 0.750. The maximum atomic E-state index is 5.88. The first-order valence-electron chi connectivity index (χ1n) is 4.17. The van der Waals surface area contributed by atoms with E-state index in [4.69, 9.17) is 39.2 Å². The van der Waals surface area contributed by atoms with Gasteiger partial charge in [-0.05, 0) is 18.2 Å². The van der Waals surface area contributed by atoms with E-state index >= 15 is 0 Å². The third-order valence-corrected chi connectivity index (χ3v) is 2.84. The SMILES string of the molecule is ClCc1ncc(-c2ccc(Cl)c(Cl)c2)o1. The zero-order valence-electron chi connectivity index (χ0n) is 7.51. The summed E-state index contributed by atoms with van der Waals surface area (Å²) in [4.78, 5) is 3.99. The molecule has 5 heteroatoms. The van der Waals surface area contributed by atoms with Crippen molar-refractivity contribution in [3.05, 3.63) is 40.3 Å². The summed E-state index contributed by atoms with van der Waals surface area (Å²) in [6, 6.07) is 5.25. The first kappa shape index (κ1) is 10.8. The van der Waals surface area contributed by atoms with Crippen molar-refractivity contribution in [1.29, 1.82) is 0 Å². The van der Waals surface area contributed by atoms with E-state index in [0.717, 1.165) is 5.56 Å². The van der Waals surface area contributed by atoms with Crippen LogP contribution in [0.1, 0.15) is 5.89 Å². The predicted molar refractivity (Wildman–Crippen MR) is 61.5 cm³/mol. The summed E-state index contributed by atoms with van der Waals surface area (Å²) in [5, 5.41) is 0.996. The summed E-state index contributed by atoms with van der Waals surface area (Å²) < 4.78 is 5.37. The minimum absolute atomic E-state index is 0.251. The molecule has 0 saturated heterocycles. The molecule has 2 nitrogen and oxygen atoms in total. The lowest BCUT2D eigenvalue weighted by molar-refractivity contribution is 0.529. The highest BCUT2D eigenvalue weighted by Crippen LogP contribution is 2.28. The highest BCUT2D eigenvalue weighted by atomic mass is 35.5. The second-order valence-corrected chi connectivity index (χ2v) is 3.96. The van der Waals surface area contributed by atoms with E-state index in [2.05, 4.69) is 4.98 Å². The average Bonchev–Trinajstić information content (AvgIpc) is 2.70. The largest absolute Gasteiger partial charge is 0.439 e. The van der Waals surface area contributed by atoms with E-state index in [1.165, 1.54) is 0 Å². The molecule has 0 saturated carbocycles. The molecule has 0 spiro atoms. The fourth-order valence-corrected chi connectivity index (χ4v) is 1.58. The van der Waals surface area contributed by atoms with Crippen molar-refractivity contribution >= 4 is 34.8 Å². The van der Waals surface area contributed by atoms with Gasteiger partial charge in [0.2, 0.25) is 5.89 Å². The number of aromatic nitrogens is 1. The number of nitrogens with zero attached hydrogens (tertiary/aromatic N) is 1. The van der Waals surface area contributed by atoms with E-state index < -0.39 is 0 Å². The van der Waals surface area contributed by atoms with E-state index in [1.54, 1.807) is 18.3 Å². The second-order valence-electron chi connectivity index (χ2n) is 2.88. The van der Waals surface area contributed by atoms with Crippen LogP contribution < -0.4 is 0 Å². The van der Waals surface area contributed by atoms with Crippen molar-refractivity contribution in [1.82, 2.24) is 4.98 Å². The molecule has 0 fully saturated rings. The number of hydrogen-bond acceptors (Lipinski definition) is 2. The number of benzene rings is 1. The van der Waals surface area contributed by atoms with Gasteiger partial charge in [0.1, 0.15) is 0 Å². The lowest BCUT2D eigenvalue weighted by atomic mass is 10.2. The van der Waals surface area contributed by atoms with Gasteiger partial charge in [-0.1, -0.05) is 23.2 Å². The van der Waals surface area contributed by atoms with Gasteiger partial charge in [-0.25, -0.2) is 4.98 Å². The molecule has 0 N–H and O–H groups in total. The normalized spacial score (nSPS) is 10.6. The second kappa shape index (κ2) is 4.44. The molecule has 0 aliphatic carbocycles. The van der Waals surface area contributed by atoms with E-state index in [1.807, 2.05) is 6.07 Å². The first-order valence-corrected chi connectivity index (χ1v) is 5.46. The minimum Gasteiger partial charge on any atom is -0.439 e. The van der Waals surface area contributed by atoms with Crippen LogP contribution in [-0.4, -0.2) is 4.98 Å². The van der Waals surface area contributed by atoms with Gasteiger partial charge in [0.25, 0.3) is 0 Å². The van der Waals surface area contributed by atoms with Crippen molar-refractivity contribution in [3.63, 3.8) is 0 Å². The molecule has 15 heavy (non-hydrogen) atoms. The minimum atomic E-state index is 0.251. The van der Waals surface area contributed by atoms with Gasteiger partial charge in [0, 0.05) is 5.56 Å². The van der Waals surface area contributed by atoms with Crippen LogP contribution in [0.3, 0.4) is 0 Å². The van der Waals surface area contributed by atoms with Crippen molar-refractivity contribution < 1.29 is 4.42 Å². The highest BCUT2D eigenvalue weighted by molar-refractivity contribution is 6.42. The maximum Gasteiger partial charge on any atom is 0.209 e. The molecular formula is C10H6Cl3NO. The number of hydrogen-bond donors (Lipinski definition) is 0. The fraction of sp³-hybridized carbons (Fsp3) is 0.100. The van der Waals surface area contributed by atoms with Crippen molar-refractivity contribution in [2.45, 2.75) is 5.88 Å². The van der Waals surface area contributed by atoms with Crippen molar-refractivity contribution in [3.8, 4) is 11.3 Å². The number of oxazole rings is 1. The highest BCUT2D eigenvalue weighted by Gasteiger charge is 2.07. The van der Waals surface area contributed by atoms with Crippen LogP contribution in [0, 0.1) is 0 Å². The summed E-state index contributed by atoms with van der Waals surface area (Å²) in [5.74, 6) is 1.36. The Kier molecular flexibility index (Phi) is 3.19. The van der Waals surface area contributed by atoms with E-state index in [0.29, 0.717) is 21.7 Å². The molecular weight excluding hydrogens is 256 g/mol. The fourth-order valence-electron chi connectivity index (χ4n) is 1.15. The summed E-state index contributed by atoms with van der Waals surface area (Å²) in [7, 11) is 0. The molecule has 0 bridgehead atoms. The molecule has 0 atom stereocenters. The van der Waals surface area contributed by atoms with E-state index in [9.17, 15) is 0 Å². The van der Waals surface area contributed by atoms with Gasteiger partial charge in [0.15, 0.2) is 5.76 Å². The Morgan fingerprint density at radius 1 is 1.20 bits per heavy atom. The monoisotopic (exact) mass is 261 g/mol. The summed E-state index contributed by atoms with van der Waals surface area (Å²) in [6.45, 7) is 0. The number of alkyl halides is 1. The van der Waals surface area contributed by atoms with Crippen LogP contribution in [0.2, 0.25) is 10.0 Å². The first-order chi connectivity index (χ1) is 7.20. The Hall–Kier alpha value is -0.700. The molecule has 0 aliphatic heterocycles. The molecule has 0 aliphatic rings. The van der Waals surface area contributed by atoms with Gasteiger partial charge >= 0.3 is 0 Å². The standard InChI is InChI=1S/C10H6Cl3NO/c11-4-10-14-5-9(15-10)6-1-2-7(12)8(13)3-6/h1-3,5H,4H2. The molecule has 78 valence electrons. The topological polar surface area (TPSA) is 26.0 Å². The van der Waals surface area contributed by atoms with Crippen LogP contribution in [-0.2, 0) is 5.88 Å². The Bertz CT molecular complexity index is 481. The number of halogens is 3. The Morgan fingerprint density at radius 2 is 2.00 bits per heavy atom. The van der Waals surface area contributed by atoms with Gasteiger partial charge in [-0.3, -0.25) is 0 Å². The van der Waals surface area contributed by atoms with Gasteiger partial charge in [0.05, 0.1) is 22.1 Å². The van der Waals surface area contributed by atoms with Gasteiger partial charge in [-0.2, -0.15) is 0 Å². The number of rotatable bonds is 2. The average molecular weight is 263 g/mol. The predicted octanol–water partition coefficient (Wildman–Crippen LogP) is 4.39. The van der Waals surface area contributed by atoms with Crippen molar-refractivity contribution in [2.24, 2.45) is 0 Å². The molecule has 0 unspecified atom stereocenters. The zero-order valence-corrected chi connectivity index (χ0v) is 9.77. The third-order valence-electron chi connectivity index (χ3n) is 1.87. The summed E-state index contributed by atoms with van der Waals surface area (Å²) in [5.41, 5.74) is 0.827. The third kappa shape index (κ3) is 2.28. The molecule has 0 radical (unpaired) electrons. The lowest BCUT2D eigenvalue weighted by Gasteiger charge is -1.98. The van der Waals surface area contributed by atoms with Crippen LogP contribution in [0.5, 0.6) is 0 Å². The van der Waals surface area contributed by atoms with Crippen LogP contribution in [0.25, 0.3) is 11.3 Å². The van der Waals surface area contributed by atoms with Crippen molar-refractivity contribution in [2.75, 3.05) is 0 Å². The molecule has 1 aromatic carbocycles.